The van der Waals surface area contributed by atoms with Gasteiger partial charge in [-0.25, -0.2) is 9.59 Å². The van der Waals surface area contributed by atoms with Crippen LogP contribution in [0.15, 0.2) is 48.5 Å². The van der Waals surface area contributed by atoms with Crippen LogP contribution in [0.2, 0.25) is 0 Å². The van der Waals surface area contributed by atoms with Crippen LogP contribution >= 0.6 is 0 Å². The van der Waals surface area contributed by atoms with Crippen molar-refractivity contribution in [2.45, 2.75) is 0 Å². The Morgan fingerprint density at radius 1 is 0.920 bits per heavy atom. The second-order valence-electron chi connectivity index (χ2n) is 5.52. The number of rotatable bonds is 3. The quantitative estimate of drug-likeness (QED) is 0.447. The number of carbonyl (C=O) groups is 2. The van der Waals surface area contributed by atoms with Gasteiger partial charge in [0.1, 0.15) is 11.5 Å². The second kappa shape index (κ2) is 5.52. The molecule has 0 radical (unpaired) electrons. The molecule has 0 atom stereocenters. The summed E-state index contributed by atoms with van der Waals surface area (Å²) >= 11 is 0. The molecule has 6 nitrogen and oxygen atoms in total. The molecule has 4 rings (SSSR count). The van der Waals surface area contributed by atoms with Crippen LogP contribution in [0.5, 0.6) is 17.2 Å². The number of nitrogen functional groups attached to an aromatic ring is 1. The van der Waals surface area contributed by atoms with Gasteiger partial charge < -0.3 is 19.9 Å². The molecular formula is C19H13NO5. The van der Waals surface area contributed by atoms with Crippen LogP contribution in [0.25, 0.3) is 10.8 Å². The average Bonchev–Trinajstić information content (AvgIpc) is 2.62. The highest BCUT2D eigenvalue weighted by atomic mass is 16.6. The van der Waals surface area contributed by atoms with E-state index >= 15 is 0 Å². The SMILES string of the molecule is COc1ccc(Oc2ccc3c4c(cccc24)C(=O)OC3=O)c(N)c1. The summed E-state index contributed by atoms with van der Waals surface area (Å²) in [6.07, 6.45) is 0. The summed E-state index contributed by atoms with van der Waals surface area (Å²) in [5, 5.41) is 1.16. The van der Waals surface area contributed by atoms with Crippen LogP contribution in [0.4, 0.5) is 5.69 Å². The highest BCUT2D eigenvalue weighted by Crippen LogP contribution is 2.38. The van der Waals surface area contributed by atoms with Crippen LogP contribution in [0.3, 0.4) is 0 Å². The topological polar surface area (TPSA) is 87.9 Å². The molecule has 1 aliphatic rings. The minimum atomic E-state index is -0.663. The molecule has 6 heteroatoms. The number of nitrogens with two attached hydrogens (primary N) is 1. The van der Waals surface area contributed by atoms with E-state index in [9.17, 15) is 9.59 Å². The summed E-state index contributed by atoms with van der Waals surface area (Å²) in [6, 6.07) is 13.4. The Balaban J connectivity index is 1.86. The zero-order chi connectivity index (χ0) is 17.6. The number of carbonyl (C=O) groups excluding carboxylic acids is 2. The van der Waals surface area contributed by atoms with Gasteiger partial charge in [-0.15, -0.1) is 0 Å². The normalized spacial score (nSPS) is 12.8. The molecule has 25 heavy (non-hydrogen) atoms. The van der Waals surface area contributed by atoms with Gasteiger partial charge in [0.15, 0.2) is 5.75 Å². The van der Waals surface area contributed by atoms with Crippen molar-refractivity contribution < 1.29 is 23.8 Å². The van der Waals surface area contributed by atoms with Crippen molar-refractivity contribution in [3.8, 4) is 17.2 Å². The zero-order valence-corrected chi connectivity index (χ0v) is 13.2. The molecule has 0 saturated heterocycles. The van der Waals surface area contributed by atoms with Gasteiger partial charge >= 0.3 is 11.9 Å². The van der Waals surface area contributed by atoms with E-state index in [2.05, 4.69) is 0 Å². The molecule has 1 heterocycles. The summed E-state index contributed by atoms with van der Waals surface area (Å²) in [6.45, 7) is 0. The van der Waals surface area contributed by atoms with Crippen LogP contribution in [0.1, 0.15) is 20.7 Å². The number of hydrogen-bond acceptors (Lipinski definition) is 6. The van der Waals surface area contributed by atoms with E-state index in [4.69, 9.17) is 19.9 Å². The molecule has 0 spiro atoms. The monoisotopic (exact) mass is 335 g/mol. The fraction of sp³-hybridized carbons (Fsp3) is 0.0526. The number of benzene rings is 3. The molecule has 0 fully saturated rings. The summed E-state index contributed by atoms with van der Waals surface area (Å²) in [7, 11) is 1.55. The lowest BCUT2D eigenvalue weighted by Crippen LogP contribution is -2.19. The fourth-order valence-corrected chi connectivity index (χ4v) is 2.87. The first-order chi connectivity index (χ1) is 12.1. The van der Waals surface area contributed by atoms with Crippen molar-refractivity contribution in [2.24, 2.45) is 0 Å². The first kappa shape index (κ1) is 15.0. The summed E-state index contributed by atoms with van der Waals surface area (Å²) in [5.74, 6) is 0.231. The van der Waals surface area contributed by atoms with E-state index < -0.39 is 11.9 Å². The van der Waals surface area contributed by atoms with E-state index in [1.54, 1.807) is 55.6 Å². The van der Waals surface area contributed by atoms with Gasteiger partial charge in [-0.2, -0.15) is 0 Å². The third-order valence-corrected chi connectivity index (χ3v) is 4.06. The lowest BCUT2D eigenvalue weighted by atomic mass is 9.96. The first-order valence-corrected chi connectivity index (χ1v) is 7.52. The Morgan fingerprint density at radius 2 is 1.64 bits per heavy atom. The molecule has 0 aliphatic carbocycles. The van der Waals surface area contributed by atoms with Crippen LogP contribution in [-0.4, -0.2) is 19.0 Å². The second-order valence-corrected chi connectivity index (χ2v) is 5.52. The zero-order valence-electron chi connectivity index (χ0n) is 13.2. The van der Waals surface area contributed by atoms with Gasteiger partial charge in [0, 0.05) is 16.8 Å². The maximum Gasteiger partial charge on any atom is 0.346 e. The van der Waals surface area contributed by atoms with Gasteiger partial charge in [0.05, 0.1) is 23.9 Å². The van der Waals surface area contributed by atoms with Gasteiger partial charge in [-0.05, 0) is 30.3 Å². The minimum absolute atomic E-state index is 0.334. The Labute approximate surface area is 142 Å². The first-order valence-electron chi connectivity index (χ1n) is 7.52. The molecule has 0 saturated carbocycles. The number of ether oxygens (including phenoxy) is 3. The molecule has 124 valence electrons. The Hall–Kier alpha value is -3.54. The molecule has 3 aromatic carbocycles. The van der Waals surface area contributed by atoms with E-state index in [0.29, 0.717) is 44.8 Å². The maximum absolute atomic E-state index is 12.0. The van der Waals surface area contributed by atoms with Gasteiger partial charge in [0.2, 0.25) is 0 Å². The predicted molar refractivity (Wildman–Crippen MR) is 91.2 cm³/mol. The fourth-order valence-electron chi connectivity index (χ4n) is 2.87. The standard InChI is InChI=1S/C19H13NO5/c1-23-10-5-7-16(14(20)9-10)24-15-8-6-13-17-11(15)3-2-4-12(17)18(21)25-19(13)22/h2-9H,20H2,1H3. The van der Waals surface area contributed by atoms with Gasteiger partial charge in [-0.1, -0.05) is 12.1 Å². The van der Waals surface area contributed by atoms with Crippen LogP contribution < -0.4 is 15.2 Å². The number of methoxy groups -OCH3 is 1. The van der Waals surface area contributed by atoms with E-state index in [1.165, 1.54) is 0 Å². The van der Waals surface area contributed by atoms with Crippen LogP contribution in [0, 0.1) is 0 Å². The molecule has 0 amide bonds. The van der Waals surface area contributed by atoms with Gasteiger partial charge in [0.25, 0.3) is 0 Å². The molecular weight excluding hydrogens is 322 g/mol. The average molecular weight is 335 g/mol. The molecule has 1 aliphatic heterocycles. The highest BCUT2D eigenvalue weighted by molar-refractivity contribution is 6.21. The van der Waals surface area contributed by atoms with Crippen molar-refractivity contribution in [1.82, 2.24) is 0 Å². The summed E-state index contributed by atoms with van der Waals surface area (Å²) in [5.41, 5.74) is 7.08. The lowest BCUT2D eigenvalue weighted by Gasteiger charge is -2.18. The molecule has 0 unspecified atom stereocenters. The summed E-state index contributed by atoms with van der Waals surface area (Å²) < 4.78 is 15.8. The molecule has 2 N–H and O–H groups in total. The number of esters is 2. The van der Waals surface area contributed by atoms with Crippen molar-refractivity contribution in [2.75, 3.05) is 12.8 Å². The largest absolute Gasteiger partial charge is 0.497 e. The lowest BCUT2D eigenvalue weighted by molar-refractivity contribution is 0.0391. The predicted octanol–water partition coefficient (Wildman–Crippen LogP) is 3.53. The number of hydrogen-bond donors (Lipinski definition) is 1. The third-order valence-electron chi connectivity index (χ3n) is 4.06. The smallest absolute Gasteiger partial charge is 0.346 e. The van der Waals surface area contributed by atoms with Gasteiger partial charge in [-0.3, -0.25) is 0 Å². The molecule has 0 bridgehead atoms. The molecule has 3 aromatic rings. The van der Waals surface area contributed by atoms with Crippen molar-refractivity contribution >= 4 is 28.4 Å². The minimum Gasteiger partial charge on any atom is -0.497 e. The summed E-state index contributed by atoms with van der Waals surface area (Å²) in [4.78, 5) is 23.9. The number of cyclic esters (lactones) is 2. The Bertz CT molecular complexity index is 1020. The van der Waals surface area contributed by atoms with E-state index in [1.807, 2.05) is 0 Å². The Kier molecular flexibility index (Phi) is 3.32. The van der Waals surface area contributed by atoms with E-state index in [0.717, 1.165) is 0 Å². The van der Waals surface area contributed by atoms with Crippen molar-refractivity contribution in [3.63, 3.8) is 0 Å². The third kappa shape index (κ3) is 2.35. The Morgan fingerprint density at radius 3 is 2.36 bits per heavy atom. The van der Waals surface area contributed by atoms with Crippen molar-refractivity contribution in [3.05, 3.63) is 59.7 Å². The molecule has 0 aromatic heterocycles. The maximum atomic E-state index is 12.0. The van der Waals surface area contributed by atoms with E-state index in [-0.39, 0.29) is 0 Å². The van der Waals surface area contributed by atoms with Crippen molar-refractivity contribution in [1.29, 1.82) is 0 Å². The number of anilines is 1. The highest BCUT2D eigenvalue weighted by Gasteiger charge is 2.28. The van der Waals surface area contributed by atoms with Crippen LogP contribution in [-0.2, 0) is 4.74 Å².